The molecule has 0 spiro atoms. The van der Waals surface area contributed by atoms with E-state index in [2.05, 4.69) is 24.1 Å². The fourth-order valence-corrected chi connectivity index (χ4v) is 4.94. The van der Waals surface area contributed by atoms with E-state index in [0.717, 1.165) is 25.9 Å². The number of nitrogens with two attached hydrogens (primary N) is 1. The lowest BCUT2D eigenvalue weighted by molar-refractivity contribution is 0.0946. The minimum absolute atomic E-state index is 0.138. The molecule has 6 heteroatoms. The lowest BCUT2D eigenvalue weighted by Crippen LogP contribution is -2.30. The molecule has 1 saturated heterocycles. The molecule has 32 heavy (non-hydrogen) atoms. The number of anilines is 1. The third kappa shape index (κ3) is 6.82. The highest BCUT2D eigenvalue weighted by Crippen LogP contribution is 2.30. The topological polar surface area (TPSA) is 77.2 Å². The van der Waals surface area contributed by atoms with Crippen molar-refractivity contribution in [2.75, 3.05) is 18.9 Å². The quantitative estimate of drug-likeness (QED) is 0.361. The summed E-state index contributed by atoms with van der Waals surface area (Å²) in [6.45, 7) is 6.17. The van der Waals surface area contributed by atoms with Gasteiger partial charge >= 0.3 is 0 Å². The molecule has 176 valence electrons. The van der Waals surface area contributed by atoms with Crippen LogP contribution in [0, 0.1) is 11.8 Å². The van der Waals surface area contributed by atoms with Crippen LogP contribution >= 0.6 is 11.6 Å². The maximum absolute atomic E-state index is 13.0. The van der Waals surface area contributed by atoms with Crippen LogP contribution < -0.4 is 11.1 Å². The van der Waals surface area contributed by atoms with E-state index in [1.807, 2.05) is 6.07 Å². The summed E-state index contributed by atoms with van der Waals surface area (Å²) in [5.41, 5.74) is 7.62. The average molecular weight is 460 g/mol. The van der Waals surface area contributed by atoms with Crippen LogP contribution in [0.15, 0.2) is 24.4 Å². The Balaban J connectivity index is 1.50. The zero-order valence-corrected chi connectivity index (χ0v) is 20.3. The van der Waals surface area contributed by atoms with Crippen LogP contribution in [0.5, 0.6) is 0 Å². The van der Waals surface area contributed by atoms with E-state index in [1.165, 1.54) is 38.5 Å². The van der Waals surface area contributed by atoms with E-state index in [0.29, 0.717) is 51.7 Å². The number of aromatic nitrogens is 1. The number of nitrogens with zero attached hydrogens (tertiary/aromatic N) is 1. The van der Waals surface area contributed by atoms with Crippen molar-refractivity contribution in [2.45, 2.75) is 77.7 Å². The number of nitrogen functional groups attached to an aromatic ring is 1. The normalized spacial score (nSPS) is 18.0. The van der Waals surface area contributed by atoms with Crippen LogP contribution in [-0.4, -0.2) is 30.1 Å². The maximum Gasteiger partial charge on any atom is 0.253 e. The molecule has 2 aromatic rings. The van der Waals surface area contributed by atoms with Gasteiger partial charge in [-0.25, -0.2) is 0 Å². The van der Waals surface area contributed by atoms with E-state index < -0.39 is 0 Å². The molecule has 3 rings (SSSR count). The van der Waals surface area contributed by atoms with E-state index in [-0.39, 0.29) is 5.91 Å². The van der Waals surface area contributed by atoms with E-state index >= 15 is 0 Å². The number of pyridine rings is 1. The highest BCUT2D eigenvalue weighted by Gasteiger charge is 2.18. The van der Waals surface area contributed by atoms with Crippen molar-refractivity contribution < 1.29 is 9.53 Å². The number of nitrogens with one attached hydrogen (secondary N) is 1. The monoisotopic (exact) mass is 459 g/mol. The van der Waals surface area contributed by atoms with Crippen LogP contribution in [0.25, 0.3) is 10.9 Å². The van der Waals surface area contributed by atoms with Crippen molar-refractivity contribution in [1.29, 1.82) is 0 Å². The van der Waals surface area contributed by atoms with Crippen LogP contribution in [0.2, 0.25) is 5.02 Å². The Labute approximate surface area is 197 Å². The number of rotatable bonds is 12. The molecule has 1 aliphatic heterocycles. The van der Waals surface area contributed by atoms with Gasteiger partial charge in [-0.1, -0.05) is 51.1 Å². The Morgan fingerprint density at radius 2 is 2.19 bits per heavy atom. The van der Waals surface area contributed by atoms with Gasteiger partial charge in [0.15, 0.2) is 0 Å². The lowest BCUT2D eigenvalue weighted by atomic mass is 9.90. The number of halogens is 1. The molecule has 2 heterocycles. The van der Waals surface area contributed by atoms with Gasteiger partial charge in [-0.3, -0.25) is 9.78 Å². The molecule has 1 aliphatic rings. The second-order valence-corrected chi connectivity index (χ2v) is 9.74. The molecule has 3 unspecified atom stereocenters. The predicted molar refractivity (Wildman–Crippen MR) is 133 cm³/mol. The standard InChI is InChI=1S/C26H38ClN3O2/c1-3-7-19(13-12-18(2)8-4-9-20-10-6-15-32-20)17-30-26(31)22-16-23(27)24(28)21-11-5-14-29-25(21)22/h5,11,14,16,18-20H,3-4,6-10,12-13,15,17,28H2,1-2H3,(H,30,31). The van der Waals surface area contributed by atoms with E-state index in [9.17, 15) is 4.79 Å². The van der Waals surface area contributed by atoms with Crippen molar-refractivity contribution in [3.8, 4) is 0 Å². The first-order valence-corrected chi connectivity index (χ1v) is 12.6. The molecule has 1 fully saturated rings. The minimum atomic E-state index is -0.138. The Kier molecular flexibility index (Phi) is 9.61. The third-order valence-electron chi connectivity index (χ3n) is 6.69. The number of hydrogen-bond acceptors (Lipinski definition) is 4. The van der Waals surface area contributed by atoms with Gasteiger partial charge in [-0.2, -0.15) is 0 Å². The minimum Gasteiger partial charge on any atom is -0.397 e. The Morgan fingerprint density at radius 1 is 1.34 bits per heavy atom. The van der Waals surface area contributed by atoms with Crippen LogP contribution in [0.3, 0.4) is 0 Å². The van der Waals surface area contributed by atoms with Crippen molar-refractivity contribution in [1.82, 2.24) is 10.3 Å². The molecule has 1 amide bonds. The largest absolute Gasteiger partial charge is 0.397 e. The predicted octanol–water partition coefficient (Wildman–Crippen LogP) is 6.38. The van der Waals surface area contributed by atoms with Gasteiger partial charge in [0.05, 0.1) is 27.9 Å². The zero-order valence-electron chi connectivity index (χ0n) is 19.5. The second kappa shape index (κ2) is 12.4. The molecule has 1 aromatic heterocycles. The molecule has 0 saturated carbocycles. The SMILES string of the molecule is CCCC(CCC(C)CCCC1CCCO1)CNC(=O)c1cc(Cl)c(N)c2cccnc12. The highest BCUT2D eigenvalue weighted by atomic mass is 35.5. The molecule has 3 atom stereocenters. The third-order valence-corrected chi connectivity index (χ3v) is 7.00. The van der Waals surface area contributed by atoms with Gasteiger partial charge in [0, 0.05) is 24.7 Å². The van der Waals surface area contributed by atoms with Gasteiger partial charge in [-0.05, 0) is 62.1 Å². The summed E-state index contributed by atoms with van der Waals surface area (Å²) < 4.78 is 5.74. The fourth-order valence-electron chi connectivity index (χ4n) is 4.73. The molecule has 1 aromatic carbocycles. The van der Waals surface area contributed by atoms with E-state index in [1.54, 1.807) is 18.3 Å². The number of benzene rings is 1. The van der Waals surface area contributed by atoms with Crippen molar-refractivity contribution in [2.24, 2.45) is 11.8 Å². The summed E-state index contributed by atoms with van der Waals surface area (Å²) in [6.07, 6.45) is 12.9. The van der Waals surface area contributed by atoms with Gasteiger partial charge < -0.3 is 15.8 Å². The first-order chi connectivity index (χ1) is 15.5. The number of amides is 1. The van der Waals surface area contributed by atoms with Gasteiger partial charge in [-0.15, -0.1) is 0 Å². The molecule has 0 radical (unpaired) electrons. The van der Waals surface area contributed by atoms with Gasteiger partial charge in [0.1, 0.15) is 0 Å². The molecule has 0 aliphatic carbocycles. The average Bonchev–Trinajstić information content (AvgIpc) is 3.31. The van der Waals surface area contributed by atoms with Crippen LogP contribution in [-0.2, 0) is 4.74 Å². The fraction of sp³-hybridized carbons (Fsp3) is 0.615. The summed E-state index contributed by atoms with van der Waals surface area (Å²) in [7, 11) is 0. The Hall–Kier alpha value is -1.85. The zero-order chi connectivity index (χ0) is 22.9. The van der Waals surface area contributed by atoms with Crippen LogP contribution in [0.4, 0.5) is 5.69 Å². The molecular formula is C26H38ClN3O2. The number of fused-ring (bicyclic) bond motifs is 1. The number of carbonyl (C=O) groups excluding carboxylic acids is 1. The molecular weight excluding hydrogens is 422 g/mol. The molecule has 0 bridgehead atoms. The van der Waals surface area contributed by atoms with E-state index in [4.69, 9.17) is 22.1 Å². The van der Waals surface area contributed by atoms with Gasteiger partial charge in [0.25, 0.3) is 5.91 Å². The van der Waals surface area contributed by atoms with Crippen molar-refractivity contribution in [3.63, 3.8) is 0 Å². The first-order valence-electron chi connectivity index (χ1n) is 12.2. The summed E-state index contributed by atoms with van der Waals surface area (Å²) >= 11 is 6.28. The summed E-state index contributed by atoms with van der Waals surface area (Å²) in [5.74, 6) is 1.05. The summed E-state index contributed by atoms with van der Waals surface area (Å²) in [6, 6.07) is 5.28. The highest BCUT2D eigenvalue weighted by molar-refractivity contribution is 6.35. The van der Waals surface area contributed by atoms with Crippen LogP contribution in [0.1, 0.15) is 82.0 Å². The first kappa shape index (κ1) is 24.8. The Morgan fingerprint density at radius 3 is 2.94 bits per heavy atom. The Bertz CT molecular complexity index is 883. The number of ether oxygens (including phenoxy) is 1. The maximum atomic E-state index is 13.0. The summed E-state index contributed by atoms with van der Waals surface area (Å²) in [4.78, 5) is 17.3. The molecule has 3 N–H and O–H groups in total. The second-order valence-electron chi connectivity index (χ2n) is 9.33. The van der Waals surface area contributed by atoms with Crippen molar-refractivity contribution >= 4 is 34.1 Å². The summed E-state index contributed by atoms with van der Waals surface area (Å²) in [5, 5.41) is 4.23. The van der Waals surface area contributed by atoms with Crippen molar-refractivity contribution in [3.05, 3.63) is 35.0 Å². The smallest absolute Gasteiger partial charge is 0.253 e. The van der Waals surface area contributed by atoms with Gasteiger partial charge in [0.2, 0.25) is 0 Å². The number of hydrogen-bond donors (Lipinski definition) is 2. The lowest BCUT2D eigenvalue weighted by Gasteiger charge is -2.20. The molecule has 5 nitrogen and oxygen atoms in total. The number of carbonyl (C=O) groups is 1.